The zero-order valence-electron chi connectivity index (χ0n) is 17.4. The first-order chi connectivity index (χ1) is 15.9. The second-order valence-electron chi connectivity index (χ2n) is 7.73. The molecule has 2 aromatic carbocycles. The zero-order valence-corrected chi connectivity index (χ0v) is 17.4. The fourth-order valence-corrected chi connectivity index (χ4v) is 4.12. The van der Waals surface area contributed by atoms with Crippen molar-refractivity contribution in [2.24, 2.45) is 0 Å². The van der Waals surface area contributed by atoms with Crippen LogP contribution in [0.4, 0.5) is 20.2 Å². The number of fused-ring (bicyclic) bond motifs is 1. The quantitative estimate of drug-likeness (QED) is 0.367. The number of hydrogen-bond acceptors (Lipinski definition) is 6. The number of aliphatic hydroxyl groups excluding tert-OH is 1. The smallest absolute Gasteiger partial charge is 0.300 e. The second-order valence-corrected chi connectivity index (χ2v) is 7.73. The van der Waals surface area contributed by atoms with Gasteiger partial charge in [0.2, 0.25) is 0 Å². The first kappa shape index (κ1) is 20.7. The Hall–Kier alpha value is -4.14. The molecule has 1 atom stereocenters. The van der Waals surface area contributed by atoms with Crippen LogP contribution >= 0.6 is 0 Å². The highest BCUT2D eigenvalue weighted by Gasteiger charge is 2.49. The molecule has 0 saturated carbocycles. The van der Waals surface area contributed by atoms with E-state index in [2.05, 4.69) is 0 Å². The van der Waals surface area contributed by atoms with Crippen molar-refractivity contribution in [3.8, 4) is 5.75 Å². The number of rotatable bonds is 3. The lowest BCUT2D eigenvalue weighted by molar-refractivity contribution is -0.132. The molecule has 1 saturated heterocycles. The summed E-state index contributed by atoms with van der Waals surface area (Å²) in [4.78, 5) is 28.8. The molecule has 1 fully saturated rings. The number of furan rings is 1. The molecule has 3 aromatic rings. The van der Waals surface area contributed by atoms with E-state index in [0.29, 0.717) is 24.6 Å². The van der Waals surface area contributed by atoms with E-state index in [0.717, 1.165) is 23.1 Å². The topological polar surface area (TPSA) is 83.2 Å². The highest BCUT2D eigenvalue weighted by molar-refractivity contribution is 6.51. The monoisotopic (exact) mass is 452 g/mol. The summed E-state index contributed by atoms with van der Waals surface area (Å²) in [6, 6.07) is 9.17. The minimum Gasteiger partial charge on any atom is -0.507 e. The molecule has 0 aliphatic carbocycles. The van der Waals surface area contributed by atoms with E-state index < -0.39 is 40.8 Å². The SMILES string of the molecule is CN1CCOc2ccc(/C(O)=C3/C(=O)C(=O)N(c4cc(F)ccc4F)C3c3ccco3)cc21. The van der Waals surface area contributed by atoms with Gasteiger partial charge in [-0.05, 0) is 42.5 Å². The Morgan fingerprint density at radius 3 is 2.67 bits per heavy atom. The minimum atomic E-state index is -1.29. The number of halogens is 2. The maximum Gasteiger partial charge on any atom is 0.300 e. The third-order valence-electron chi connectivity index (χ3n) is 5.75. The molecule has 168 valence electrons. The van der Waals surface area contributed by atoms with Crippen LogP contribution in [0.1, 0.15) is 17.4 Å². The van der Waals surface area contributed by atoms with E-state index in [1.807, 2.05) is 11.9 Å². The van der Waals surface area contributed by atoms with Gasteiger partial charge in [0.1, 0.15) is 41.6 Å². The molecule has 1 N–H and O–H groups in total. The summed E-state index contributed by atoms with van der Waals surface area (Å²) in [7, 11) is 1.86. The lowest BCUT2D eigenvalue weighted by Gasteiger charge is -2.28. The van der Waals surface area contributed by atoms with Crippen LogP contribution < -0.4 is 14.5 Å². The van der Waals surface area contributed by atoms with E-state index in [9.17, 15) is 23.5 Å². The molecule has 2 aliphatic heterocycles. The van der Waals surface area contributed by atoms with Crippen LogP contribution in [0.2, 0.25) is 0 Å². The van der Waals surface area contributed by atoms with Crippen LogP contribution in [0.5, 0.6) is 5.75 Å². The predicted octanol–water partition coefficient (Wildman–Crippen LogP) is 4.01. The van der Waals surface area contributed by atoms with Crippen LogP contribution in [0.3, 0.4) is 0 Å². The summed E-state index contributed by atoms with van der Waals surface area (Å²) in [5.41, 5.74) is 0.236. The van der Waals surface area contributed by atoms with E-state index in [-0.39, 0.29) is 16.9 Å². The molecule has 0 bridgehead atoms. The molecule has 0 spiro atoms. The number of anilines is 2. The summed E-state index contributed by atoms with van der Waals surface area (Å²) in [6.45, 7) is 1.14. The van der Waals surface area contributed by atoms with Crippen LogP contribution in [-0.4, -0.2) is 37.0 Å². The number of carbonyl (C=O) groups is 2. The molecule has 5 rings (SSSR count). The maximum absolute atomic E-state index is 14.6. The van der Waals surface area contributed by atoms with Gasteiger partial charge < -0.3 is 19.2 Å². The average Bonchev–Trinajstić information content (AvgIpc) is 3.42. The Balaban J connectivity index is 1.70. The van der Waals surface area contributed by atoms with Gasteiger partial charge in [-0.2, -0.15) is 0 Å². The Bertz CT molecular complexity index is 1300. The number of benzene rings is 2. The van der Waals surface area contributed by atoms with E-state index in [1.54, 1.807) is 18.2 Å². The van der Waals surface area contributed by atoms with Gasteiger partial charge in [-0.15, -0.1) is 0 Å². The molecule has 3 heterocycles. The molecule has 7 nitrogen and oxygen atoms in total. The van der Waals surface area contributed by atoms with Crippen molar-refractivity contribution < 1.29 is 32.6 Å². The number of hydrogen-bond donors (Lipinski definition) is 1. The number of ether oxygens (including phenoxy) is 1. The summed E-state index contributed by atoms with van der Waals surface area (Å²) in [5.74, 6) is -3.58. The summed E-state index contributed by atoms with van der Waals surface area (Å²) in [5, 5.41) is 11.2. The van der Waals surface area contributed by atoms with Gasteiger partial charge in [0.05, 0.1) is 29.8 Å². The highest BCUT2D eigenvalue weighted by Crippen LogP contribution is 2.44. The number of carbonyl (C=O) groups excluding carboxylic acids is 2. The van der Waals surface area contributed by atoms with Crippen molar-refractivity contribution in [1.82, 2.24) is 0 Å². The highest BCUT2D eigenvalue weighted by atomic mass is 19.1. The number of nitrogens with zero attached hydrogens (tertiary/aromatic N) is 2. The Morgan fingerprint density at radius 2 is 1.91 bits per heavy atom. The summed E-state index contributed by atoms with van der Waals surface area (Å²) < 4.78 is 39.6. The number of ketones is 1. The van der Waals surface area contributed by atoms with Gasteiger partial charge >= 0.3 is 0 Å². The van der Waals surface area contributed by atoms with Crippen LogP contribution in [0.15, 0.2) is 64.8 Å². The third-order valence-corrected chi connectivity index (χ3v) is 5.75. The molecule has 1 aromatic heterocycles. The van der Waals surface area contributed by atoms with Crippen LogP contribution in [0.25, 0.3) is 5.76 Å². The molecule has 2 aliphatic rings. The maximum atomic E-state index is 14.6. The molecule has 0 radical (unpaired) electrons. The summed E-state index contributed by atoms with van der Waals surface area (Å²) >= 11 is 0. The normalized spacial score (nSPS) is 19.5. The Labute approximate surface area is 187 Å². The van der Waals surface area contributed by atoms with E-state index in [4.69, 9.17) is 9.15 Å². The van der Waals surface area contributed by atoms with E-state index >= 15 is 0 Å². The number of amides is 1. The zero-order chi connectivity index (χ0) is 23.3. The molecular formula is C24H18F2N2O5. The molecular weight excluding hydrogens is 434 g/mol. The van der Waals surface area contributed by atoms with Crippen LogP contribution in [-0.2, 0) is 9.59 Å². The van der Waals surface area contributed by atoms with Gasteiger partial charge in [0.15, 0.2) is 0 Å². The fourth-order valence-electron chi connectivity index (χ4n) is 4.12. The third kappa shape index (κ3) is 3.32. The fraction of sp³-hybridized carbons (Fsp3) is 0.167. The summed E-state index contributed by atoms with van der Waals surface area (Å²) in [6.07, 6.45) is 1.32. The average molecular weight is 452 g/mol. The predicted molar refractivity (Wildman–Crippen MR) is 115 cm³/mol. The first-order valence-electron chi connectivity index (χ1n) is 10.1. The lowest BCUT2D eigenvalue weighted by Crippen LogP contribution is -2.30. The number of likely N-dealkylation sites (N-methyl/N-ethyl adjacent to an activating group) is 1. The number of Topliss-reactive ketones (excluding diaryl/α,β-unsaturated/α-hetero) is 1. The van der Waals surface area contributed by atoms with E-state index in [1.165, 1.54) is 18.4 Å². The van der Waals surface area contributed by atoms with Gasteiger partial charge in [-0.25, -0.2) is 8.78 Å². The van der Waals surface area contributed by atoms with Crippen LogP contribution in [0, 0.1) is 11.6 Å². The van der Waals surface area contributed by atoms with Crippen molar-refractivity contribution >= 4 is 28.8 Å². The van der Waals surface area contributed by atoms with Gasteiger partial charge in [0.25, 0.3) is 11.7 Å². The first-order valence-corrected chi connectivity index (χ1v) is 10.1. The lowest BCUT2D eigenvalue weighted by atomic mass is 9.98. The molecule has 1 amide bonds. The standard InChI is InChI=1S/C24H18F2N2O5/c1-27-8-10-33-18-7-4-13(11-17(18)27)22(29)20-21(19-3-2-9-32-19)28(24(31)23(20)30)16-12-14(25)5-6-15(16)26/h2-7,9,11-12,21,29H,8,10H2,1H3/b22-20-. The Morgan fingerprint density at radius 1 is 1.09 bits per heavy atom. The largest absolute Gasteiger partial charge is 0.507 e. The van der Waals surface area contributed by atoms with Gasteiger partial charge in [0, 0.05) is 18.7 Å². The number of aliphatic hydroxyl groups is 1. The van der Waals surface area contributed by atoms with Gasteiger partial charge in [-0.1, -0.05) is 0 Å². The van der Waals surface area contributed by atoms with Crippen molar-refractivity contribution in [3.63, 3.8) is 0 Å². The minimum absolute atomic E-state index is 0.109. The Kier molecular flexibility index (Phi) is 4.88. The molecule has 9 heteroatoms. The van der Waals surface area contributed by atoms with Crippen molar-refractivity contribution in [3.05, 3.63) is 83.3 Å². The molecule has 33 heavy (non-hydrogen) atoms. The second kappa shape index (κ2) is 7.77. The van der Waals surface area contributed by atoms with Crippen molar-refractivity contribution in [1.29, 1.82) is 0 Å². The van der Waals surface area contributed by atoms with Gasteiger partial charge in [-0.3, -0.25) is 14.5 Å². The van der Waals surface area contributed by atoms with Crippen molar-refractivity contribution in [2.45, 2.75) is 6.04 Å². The molecule has 1 unspecified atom stereocenters. The van der Waals surface area contributed by atoms with Crippen molar-refractivity contribution in [2.75, 3.05) is 30.0 Å².